The quantitative estimate of drug-likeness (QED) is 0.768. The molecule has 0 radical (unpaired) electrons. The second-order valence-corrected chi connectivity index (χ2v) is 6.77. The summed E-state index contributed by atoms with van der Waals surface area (Å²) in [6.45, 7) is 1.19. The molecule has 8 heteroatoms. The summed E-state index contributed by atoms with van der Waals surface area (Å²) < 4.78 is 11.4. The number of para-hydroxylation sites is 2. The lowest BCUT2D eigenvalue weighted by Gasteiger charge is -2.31. The Morgan fingerprint density at radius 3 is 2.96 bits per heavy atom. The number of methoxy groups -OCH3 is 1. The van der Waals surface area contributed by atoms with Gasteiger partial charge in [0.05, 0.1) is 12.6 Å². The Morgan fingerprint density at radius 2 is 2.17 bits per heavy atom. The Bertz CT molecular complexity index is 812. The van der Waals surface area contributed by atoms with Crippen LogP contribution in [0.1, 0.15) is 6.42 Å². The fourth-order valence-corrected chi connectivity index (χ4v) is 3.87. The van der Waals surface area contributed by atoms with E-state index in [1.54, 1.807) is 23.1 Å². The minimum Gasteiger partial charge on any atom is -0.468 e. The van der Waals surface area contributed by atoms with Crippen LogP contribution in [-0.4, -0.2) is 52.5 Å². The summed E-state index contributed by atoms with van der Waals surface area (Å²) in [5.74, 6) is -0.165. The molecule has 128 valence electrons. The molecule has 1 aliphatic heterocycles. The number of fused-ring (bicyclic) bond motifs is 1. The number of carbonyl (C=O) groups excluding carboxylic acids is 2. The molecule has 0 saturated carbocycles. The maximum absolute atomic E-state index is 12.4. The summed E-state index contributed by atoms with van der Waals surface area (Å²) in [4.78, 5) is 37.6. The van der Waals surface area contributed by atoms with E-state index in [0.717, 1.165) is 0 Å². The number of rotatable bonds is 4. The number of amides is 1. The van der Waals surface area contributed by atoms with Gasteiger partial charge in [0, 0.05) is 31.8 Å². The van der Waals surface area contributed by atoms with Crippen LogP contribution in [0.2, 0.25) is 0 Å². The predicted molar refractivity (Wildman–Crippen MR) is 89.9 cm³/mol. The van der Waals surface area contributed by atoms with E-state index in [9.17, 15) is 14.4 Å². The van der Waals surface area contributed by atoms with Gasteiger partial charge in [-0.1, -0.05) is 12.1 Å². The summed E-state index contributed by atoms with van der Waals surface area (Å²) in [6.07, 6.45) is 0.183. The molecule has 3 rings (SSSR count). The molecular formula is C16H18N2O5S. The lowest BCUT2D eigenvalue weighted by Crippen LogP contribution is -2.45. The van der Waals surface area contributed by atoms with Crippen LogP contribution in [0.4, 0.5) is 0 Å². The number of ether oxygens (including phenoxy) is 1. The van der Waals surface area contributed by atoms with Crippen molar-refractivity contribution < 1.29 is 18.7 Å². The average molecular weight is 350 g/mol. The van der Waals surface area contributed by atoms with Gasteiger partial charge in [-0.05, 0) is 12.1 Å². The van der Waals surface area contributed by atoms with Crippen LogP contribution in [0.15, 0.2) is 33.5 Å². The van der Waals surface area contributed by atoms with Crippen molar-refractivity contribution in [2.45, 2.75) is 18.2 Å². The van der Waals surface area contributed by atoms with Gasteiger partial charge in [0.1, 0.15) is 5.25 Å². The van der Waals surface area contributed by atoms with Crippen LogP contribution >= 0.6 is 11.8 Å². The standard InChI is InChI=1S/C16H18N2O5S/c1-22-15(20)13-10-17(8-9-24-13)14(19)6-7-18-11-4-2-3-5-12(11)23-16(18)21/h2-5,13H,6-10H2,1H3/t13-/m1/s1. The number of thioether (sulfide) groups is 1. The number of hydrogen-bond acceptors (Lipinski definition) is 6. The second-order valence-electron chi connectivity index (χ2n) is 5.46. The zero-order valence-corrected chi connectivity index (χ0v) is 14.1. The highest BCUT2D eigenvalue weighted by molar-refractivity contribution is 8.00. The second kappa shape index (κ2) is 7.12. The molecule has 1 saturated heterocycles. The fourth-order valence-electron chi connectivity index (χ4n) is 2.74. The van der Waals surface area contributed by atoms with E-state index < -0.39 is 5.76 Å². The van der Waals surface area contributed by atoms with Crippen LogP contribution in [0.25, 0.3) is 11.1 Å². The van der Waals surface area contributed by atoms with Crippen molar-refractivity contribution in [1.29, 1.82) is 0 Å². The molecular weight excluding hydrogens is 332 g/mol. The smallest absolute Gasteiger partial charge is 0.419 e. The molecule has 0 N–H and O–H groups in total. The third kappa shape index (κ3) is 3.33. The fraction of sp³-hybridized carbons (Fsp3) is 0.438. The zero-order valence-electron chi connectivity index (χ0n) is 13.3. The van der Waals surface area contributed by atoms with E-state index in [2.05, 4.69) is 0 Å². The molecule has 1 aromatic carbocycles. The van der Waals surface area contributed by atoms with Crippen molar-refractivity contribution in [3.05, 3.63) is 34.8 Å². The highest BCUT2D eigenvalue weighted by Crippen LogP contribution is 2.20. The highest BCUT2D eigenvalue weighted by Gasteiger charge is 2.29. The number of benzene rings is 1. The normalized spacial score (nSPS) is 17.9. The Morgan fingerprint density at radius 1 is 1.38 bits per heavy atom. The van der Waals surface area contributed by atoms with E-state index in [1.165, 1.54) is 23.4 Å². The average Bonchev–Trinajstić information content (AvgIpc) is 2.94. The molecule has 1 aliphatic rings. The van der Waals surface area contributed by atoms with Crippen molar-refractivity contribution in [2.75, 3.05) is 26.0 Å². The molecule has 1 atom stereocenters. The van der Waals surface area contributed by atoms with Crippen LogP contribution in [0.5, 0.6) is 0 Å². The summed E-state index contributed by atoms with van der Waals surface area (Å²) in [5.41, 5.74) is 1.19. The lowest BCUT2D eigenvalue weighted by atomic mass is 10.3. The molecule has 0 unspecified atom stereocenters. The lowest BCUT2D eigenvalue weighted by molar-refractivity contribution is -0.141. The molecule has 0 aliphatic carbocycles. The molecule has 1 amide bonds. The van der Waals surface area contributed by atoms with Crippen molar-refractivity contribution in [2.24, 2.45) is 0 Å². The van der Waals surface area contributed by atoms with Crippen molar-refractivity contribution in [1.82, 2.24) is 9.47 Å². The minimum atomic E-state index is -0.467. The van der Waals surface area contributed by atoms with E-state index in [-0.39, 0.29) is 30.1 Å². The number of nitrogens with zero attached hydrogens (tertiary/aromatic N) is 2. The number of aryl methyl sites for hydroxylation is 1. The molecule has 2 heterocycles. The number of carbonyl (C=O) groups is 2. The maximum atomic E-state index is 12.4. The summed E-state index contributed by atoms with van der Waals surface area (Å²) in [5, 5.41) is -0.342. The minimum absolute atomic E-state index is 0.0821. The van der Waals surface area contributed by atoms with Gasteiger partial charge < -0.3 is 14.1 Å². The molecule has 24 heavy (non-hydrogen) atoms. The first kappa shape index (κ1) is 16.6. The maximum Gasteiger partial charge on any atom is 0.419 e. The predicted octanol–water partition coefficient (Wildman–Crippen LogP) is 1.10. The molecule has 0 spiro atoms. The van der Waals surface area contributed by atoms with Gasteiger partial charge in [0.2, 0.25) is 5.91 Å². The number of aromatic nitrogens is 1. The van der Waals surface area contributed by atoms with Crippen molar-refractivity contribution in [3.63, 3.8) is 0 Å². The molecule has 0 bridgehead atoms. The topological polar surface area (TPSA) is 81.8 Å². The Labute approximate surface area is 142 Å². The molecule has 1 aromatic heterocycles. The van der Waals surface area contributed by atoms with E-state index in [0.29, 0.717) is 29.9 Å². The molecule has 7 nitrogen and oxygen atoms in total. The summed E-state index contributed by atoms with van der Waals surface area (Å²) >= 11 is 1.50. The molecule has 1 fully saturated rings. The van der Waals surface area contributed by atoms with Gasteiger partial charge in [-0.2, -0.15) is 0 Å². The Kier molecular flexibility index (Phi) is 4.94. The summed E-state index contributed by atoms with van der Waals surface area (Å²) in [6, 6.07) is 7.12. The van der Waals surface area contributed by atoms with Gasteiger partial charge in [-0.15, -0.1) is 11.8 Å². The Hall–Kier alpha value is -2.22. The van der Waals surface area contributed by atoms with Gasteiger partial charge >= 0.3 is 11.7 Å². The highest BCUT2D eigenvalue weighted by atomic mass is 32.2. The van der Waals surface area contributed by atoms with E-state index >= 15 is 0 Å². The van der Waals surface area contributed by atoms with Crippen LogP contribution in [-0.2, 0) is 20.9 Å². The van der Waals surface area contributed by atoms with Gasteiger partial charge in [-0.3, -0.25) is 14.2 Å². The van der Waals surface area contributed by atoms with Gasteiger partial charge in [0.25, 0.3) is 0 Å². The van der Waals surface area contributed by atoms with Crippen LogP contribution in [0, 0.1) is 0 Å². The van der Waals surface area contributed by atoms with Crippen LogP contribution < -0.4 is 5.76 Å². The van der Waals surface area contributed by atoms with E-state index in [4.69, 9.17) is 9.15 Å². The number of hydrogen-bond donors (Lipinski definition) is 0. The number of esters is 1. The van der Waals surface area contributed by atoms with Gasteiger partial charge in [-0.25, -0.2) is 4.79 Å². The summed E-state index contributed by atoms with van der Waals surface area (Å²) in [7, 11) is 1.35. The third-order valence-corrected chi connectivity index (χ3v) is 5.17. The first-order chi connectivity index (χ1) is 11.6. The first-order valence-corrected chi connectivity index (χ1v) is 8.70. The van der Waals surface area contributed by atoms with Crippen LogP contribution in [0.3, 0.4) is 0 Å². The monoisotopic (exact) mass is 350 g/mol. The SMILES string of the molecule is COC(=O)[C@H]1CN(C(=O)CCn2c(=O)oc3ccccc32)CCS1. The zero-order chi connectivity index (χ0) is 17.1. The Balaban J connectivity index is 1.65. The number of oxazole rings is 1. The first-order valence-electron chi connectivity index (χ1n) is 7.65. The third-order valence-electron chi connectivity index (χ3n) is 4.01. The molecule has 2 aromatic rings. The van der Waals surface area contributed by atoms with Crippen molar-refractivity contribution in [3.8, 4) is 0 Å². The largest absolute Gasteiger partial charge is 0.468 e. The van der Waals surface area contributed by atoms with Gasteiger partial charge in [0.15, 0.2) is 5.58 Å². The van der Waals surface area contributed by atoms with E-state index in [1.807, 2.05) is 6.07 Å². The van der Waals surface area contributed by atoms with Crippen molar-refractivity contribution >= 4 is 34.7 Å².